The van der Waals surface area contributed by atoms with Crippen LogP contribution in [0.4, 0.5) is 20.6 Å². The Labute approximate surface area is 152 Å². The molecule has 0 aliphatic heterocycles. The first-order valence-electron chi connectivity index (χ1n) is 8.12. The molecule has 2 aromatic rings. The molecule has 2 aromatic carbocycles. The van der Waals surface area contributed by atoms with Crippen LogP contribution in [0.15, 0.2) is 48.5 Å². The van der Waals surface area contributed by atoms with Crippen LogP contribution in [-0.4, -0.2) is 44.1 Å². The van der Waals surface area contributed by atoms with Gasteiger partial charge in [-0.05, 0) is 36.4 Å². The van der Waals surface area contributed by atoms with Gasteiger partial charge in [-0.1, -0.05) is 12.1 Å². The molecule has 0 heterocycles. The van der Waals surface area contributed by atoms with Gasteiger partial charge in [-0.15, -0.1) is 0 Å². The third-order valence-corrected chi connectivity index (χ3v) is 3.85. The van der Waals surface area contributed by atoms with Gasteiger partial charge in [0, 0.05) is 32.4 Å². The number of hydrogen-bond donors (Lipinski definition) is 1. The summed E-state index contributed by atoms with van der Waals surface area (Å²) in [4.78, 5) is 26.5. The molecule has 26 heavy (non-hydrogen) atoms. The lowest BCUT2D eigenvalue weighted by Gasteiger charge is -2.19. The first kappa shape index (κ1) is 19.2. The van der Waals surface area contributed by atoms with Gasteiger partial charge in [0.1, 0.15) is 6.61 Å². The van der Waals surface area contributed by atoms with Crippen molar-refractivity contribution < 1.29 is 18.7 Å². The van der Waals surface area contributed by atoms with Crippen LogP contribution in [0.5, 0.6) is 5.75 Å². The van der Waals surface area contributed by atoms with E-state index in [1.807, 2.05) is 0 Å². The minimum absolute atomic E-state index is 0.0728. The number of carbonyl (C=O) groups excluding carboxylic acids is 2. The van der Waals surface area contributed by atoms with Gasteiger partial charge in [-0.25, -0.2) is 9.18 Å². The summed E-state index contributed by atoms with van der Waals surface area (Å²) in [6, 6.07) is 12.7. The molecule has 3 amide bonds. The molecular weight excluding hydrogens is 337 g/mol. The largest absolute Gasteiger partial charge is 0.489 e. The van der Waals surface area contributed by atoms with E-state index in [-0.39, 0.29) is 24.3 Å². The monoisotopic (exact) mass is 359 g/mol. The van der Waals surface area contributed by atoms with Crippen molar-refractivity contribution in [3.05, 3.63) is 54.3 Å². The van der Waals surface area contributed by atoms with Gasteiger partial charge in [0.2, 0.25) is 5.91 Å². The number of carbonyl (C=O) groups is 2. The number of rotatable bonds is 6. The van der Waals surface area contributed by atoms with Crippen LogP contribution < -0.4 is 15.0 Å². The zero-order chi connectivity index (χ0) is 19.1. The van der Waals surface area contributed by atoms with Crippen LogP contribution in [0.3, 0.4) is 0 Å². The van der Waals surface area contributed by atoms with Gasteiger partial charge in [-0.3, -0.25) is 4.79 Å². The number of ether oxygens (including phenoxy) is 1. The molecule has 1 N–H and O–H groups in total. The summed E-state index contributed by atoms with van der Waals surface area (Å²) >= 11 is 0. The van der Waals surface area contributed by atoms with Crippen LogP contribution in [-0.2, 0) is 4.79 Å². The molecule has 0 saturated carbocycles. The molecule has 0 aliphatic carbocycles. The topological polar surface area (TPSA) is 61.9 Å². The van der Waals surface area contributed by atoms with Gasteiger partial charge in [0.25, 0.3) is 0 Å². The number of anilines is 2. The van der Waals surface area contributed by atoms with Gasteiger partial charge >= 0.3 is 6.03 Å². The van der Waals surface area contributed by atoms with Crippen molar-refractivity contribution in [3.63, 3.8) is 0 Å². The third kappa shape index (κ3) is 5.20. The van der Waals surface area contributed by atoms with E-state index in [0.29, 0.717) is 12.2 Å². The van der Waals surface area contributed by atoms with Crippen molar-refractivity contribution in [2.75, 3.05) is 37.5 Å². The second-order valence-corrected chi connectivity index (χ2v) is 5.76. The van der Waals surface area contributed by atoms with E-state index in [1.165, 1.54) is 28.9 Å². The summed E-state index contributed by atoms with van der Waals surface area (Å²) in [5, 5.41) is 2.75. The van der Waals surface area contributed by atoms with Crippen molar-refractivity contribution >= 4 is 23.3 Å². The lowest BCUT2D eigenvalue weighted by Crippen LogP contribution is -2.34. The normalized spacial score (nSPS) is 10.2. The number of amides is 3. The molecular formula is C19H22FN3O3. The number of nitrogens with zero attached hydrogens (tertiary/aromatic N) is 2. The van der Waals surface area contributed by atoms with E-state index in [0.717, 1.165) is 5.69 Å². The molecule has 0 unspecified atom stereocenters. The molecule has 0 aliphatic rings. The SMILES string of the molecule is CC(=O)N(C)c1ccc(NC(=O)N(C)CCOc2ccccc2F)cc1. The van der Waals surface area contributed by atoms with Gasteiger partial charge in [0.15, 0.2) is 11.6 Å². The molecule has 6 nitrogen and oxygen atoms in total. The summed E-state index contributed by atoms with van der Waals surface area (Å²) in [5.41, 5.74) is 1.35. The third-order valence-electron chi connectivity index (χ3n) is 3.85. The fourth-order valence-corrected chi connectivity index (χ4v) is 2.12. The standard InChI is InChI=1S/C19H22FN3O3/c1-14(24)23(3)16-10-8-15(9-11-16)21-19(25)22(2)12-13-26-18-7-5-4-6-17(18)20/h4-11H,12-13H2,1-3H3,(H,21,25). The lowest BCUT2D eigenvalue weighted by atomic mass is 10.2. The average molecular weight is 359 g/mol. The fraction of sp³-hybridized carbons (Fsp3) is 0.263. The summed E-state index contributed by atoms with van der Waals surface area (Å²) in [6.07, 6.45) is 0. The number of halogens is 1. The second kappa shape index (κ2) is 8.84. The van der Waals surface area contributed by atoms with Crippen LogP contribution >= 0.6 is 0 Å². The zero-order valence-corrected chi connectivity index (χ0v) is 15.0. The van der Waals surface area contributed by atoms with Crippen LogP contribution in [0.25, 0.3) is 0 Å². The summed E-state index contributed by atoms with van der Waals surface area (Å²) in [6.45, 7) is 1.95. The Balaban J connectivity index is 1.83. The summed E-state index contributed by atoms with van der Waals surface area (Å²) < 4.78 is 18.8. The quantitative estimate of drug-likeness (QED) is 0.860. The van der Waals surface area contributed by atoms with Crippen LogP contribution in [0.1, 0.15) is 6.92 Å². The molecule has 0 aromatic heterocycles. The van der Waals surface area contributed by atoms with Crippen molar-refractivity contribution in [1.29, 1.82) is 0 Å². The van der Waals surface area contributed by atoms with E-state index in [9.17, 15) is 14.0 Å². The number of likely N-dealkylation sites (N-methyl/N-ethyl adjacent to an activating group) is 1. The predicted octanol–water partition coefficient (Wildman–Crippen LogP) is 3.35. The second-order valence-electron chi connectivity index (χ2n) is 5.76. The van der Waals surface area contributed by atoms with Crippen molar-refractivity contribution in [2.24, 2.45) is 0 Å². The molecule has 2 rings (SSSR count). The van der Waals surface area contributed by atoms with E-state index in [1.54, 1.807) is 50.5 Å². The Hall–Kier alpha value is -3.09. The average Bonchev–Trinajstić information content (AvgIpc) is 2.63. The maximum Gasteiger partial charge on any atom is 0.321 e. The van der Waals surface area contributed by atoms with Gasteiger partial charge < -0.3 is 19.9 Å². The Morgan fingerprint density at radius 2 is 1.73 bits per heavy atom. The molecule has 0 bridgehead atoms. The maximum atomic E-state index is 13.5. The maximum absolute atomic E-state index is 13.5. The Morgan fingerprint density at radius 1 is 1.08 bits per heavy atom. The minimum atomic E-state index is -0.435. The number of benzene rings is 2. The van der Waals surface area contributed by atoms with Crippen molar-refractivity contribution in [1.82, 2.24) is 4.90 Å². The molecule has 138 valence electrons. The highest BCUT2D eigenvalue weighted by molar-refractivity contribution is 5.92. The smallest absolute Gasteiger partial charge is 0.321 e. The highest BCUT2D eigenvalue weighted by atomic mass is 19.1. The first-order valence-corrected chi connectivity index (χ1v) is 8.12. The molecule has 0 saturated heterocycles. The molecule has 0 radical (unpaired) electrons. The Morgan fingerprint density at radius 3 is 2.35 bits per heavy atom. The molecule has 0 atom stereocenters. The predicted molar refractivity (Wildman–Crippen MR) is 99.1 cm³/mol. The number of nitrogens with one attached hydrogen (secondary N) is 1. The Kier molecular flexibility index (Phi) is 6.54. The van der Waals surface area contributed by atoms with Crippen molar-refractivity contribution in [2.45, 2.75) is 6.92 Å². The highest BCUT2D eigenvalue weighted by Gasteiger charge is 2.10. The van der Waals surface area contributed by atoms with E-state index < -0.39 is 5.82 Å². The first-order chi connectivity index (χ1) is 12.4. The van der Waals surface area contributed by atoms with Crippen LogP contribution in [0, 0.1) is 5.82 Å². The Bertz CT molecular complexity index is 765. The highest BCUT2D eigenvalue weighted by Crippen LogP contribution is 2.17. The minimum Gasteiger partial charge on any atom is -0.489 e. The molecule has 0 fully saturated rings. The van der Waals surface area contributed by atoms with E-state index in [2.05, 4.69) is 5.32 Å². The zero-order valence-electron chi connectivity index (χ0n) is 15.0. The number of para-hydroxylation sites is 1. The lowest BCUT2D eigenvalue weighted by molar-refractivity contribution is -0.116. The van der Waals surface area contributed by atoms with E-state index in [4.69, 9.17) is 4.74 Å². The van der Waals surface area contributed by atoms with Crippen molar-refractivity contribution in [3.8, 4) is 5.75 Å². The van der Waals surface area contributed by atoms with Gasteiger partial charge in [0.05, 0.1) is 6.54 Å². The number of urea groups is 1. The summed E-state index contributed by atoms with van der Waals surface area (Å²) in [7, 11) is 3.30. The summed E-state index contributed by atoms with van der Waals surface area (Å²) in [5.74, 6) is -0.349. The number of hydrogen-bond acceptors (Lipinski definition) is 3. The molecule has 7 heteroatoms. The van der Waals surface area contributed by atoms with Crippen LogP contribution in [0.2, 0.25) is 0 Å². The van der Waals surface area contributed by atoms with E-state index >= 15 is 0 Å². The van der Waals surface area contributed by atoms with Gasteiger partial charge in [-0.2, -0.15) is 0 Å². The molecule has 0 spiro atoms. The fourth-order valence-electron chi connectivity index (χ4n) is 2.12.